The van der Waals surface area contributed by atoms with Gasteiger partial charge in [-0.25, -0.2) is 9.67 Å². The fraction of sp³-hybridized carbons (Fsp3) is 0. The Kier molecular flexibility index (Phi) is 1.83. The summed E-state index contributed by atoms with van der Waals surface area (Å²) in [6.45, 7) is 0. The first-order valence-electron chi connectivity index (χ1n) is 4.84. The van der Waals surface area contributed by atoms with E-state index >= 15 is 0 Å². The number of pyridine rings is 1. The minimum atomic E-state index is 0.663. The summed E-state index contributed by atoms with van der Waals surface area (Å²) in [5.41, 5.74) is 8.44. The van der Waals surface area contributed by atoms with Crippen molar-refractivity contribution in [2.75, 3.05) is 5.73 Å². The molecule has 1 aromatic carbocycles. The number of aromatic nitrogens is 4. The van der Waals surface area contributed by atoms with E-state index in [0.29, 0.717) is 5.69 Å². The molecule has 0 atom stereocenters. The van der Waals surface area contributed by atoms with Crippen LogP contribution in [0.4, 0.5) is 5.69 Å². The third kappa shape index (κ3) is 1.22. The second kappa shape index (κ2) is 3.30. The molecule has 0 aliphatic carbocycles. The highest BCUT2D eigenvalue weighted by Gasteiger charge is 2.06. The predicted octanol–water partition coefficient (Wildman–Crippen LogP) is 1.40. The molecule has 5 heteroatoms. The number of rotatable bonds is 1. The molecule has 0 radical (unpaired) electrons. The number of anilines is 1. The molecule has 0 saturated heterocycles. The first-order chi connectivity index (χ1) is 7.86. The van der Waals surface area contributed by atoms with Gasteiger partial charge in [0.2, 0.25) is 0 Å². The lowest BCUT2D eigenvalue weighted by atomic mass is 10.1. The van der Waals surface area contributed by atoms with Crippen LogP contribution in [0.25, 0.3) is 16.6 Å². The quantitative estimate of drug-likeness (QED) is 0.617. The normalized spacial score (nSPS) is 10.8. The van der Waals surface area contributed by atoms with Crippen LogP contribution in [-0.4, -0.2) is 19.7 Å². The lowest BCUT2D eigenvalue weighted by Crippen LogP contribution is -2.01. The summed E-state index contributed by atoms with van der Waals surface area (Å²) in [7, 11) is 0. The smallest absolute Gasteiger partial charge is 0.138 e. The van der Waals surface area contributed by atoms with Gasteiger partial charge in [-0.3, -0.25) is 4.98 Å². The fourth-order valence-electron chi connectivity index (χ4n) is 1.70. The average Bonchev–Trinajstić information content (AvgIpc) is 2.83. The van der Waals surface area contributed by atoms with Crippen LogP contribution in [0, 0.1) is 0 Å². The summed E-state index contributed by atoms with van der Waals surface area (Å²) in [5, 5.41) is 4.99. The highest BCUT2D eigenvalue weighted by atomic mass is 15.3. The maximum Gasteiger partial charge on any atom is 0.138 e. The Balaban J connectivity index is 2.32. The number of nitrogens with zero attached hydrogens (tertiary/aromatic N) is 4. The van der Waals surface area contributed by atoms with Gasteiger partial charge in [0.05, 0.1) is 16.9 Å². The summed E-state index contributed by atoms with van der Waals surface area (Å²) >= 11 is 0. The standard InChI is InChI=1S/C11H9N5/c12-11-8-2-1-5-14-9(8)3-4-10(11)16-7-13-6-15-16/h1-7H,12H2. The zero-order valence-corrected chi connectivity index (χ0v) is 8.41. The van der Waals surface area contributed by atoms with E-state index in [9.17, 15) is 0 Å². The molecule has 0 bridgehead atoms. The molecule has 16 heavy (non-hydrogen) atoms. The highest BCUT2D eigenvalue weighted by molar-refractivity contribution is 5.94. The number of fused-ring (bicyclic) bond motifs is 1. The Labute approximate surface area is 91.6 Å². The van der Waals surface area contributed by atoms with Crippen molar-refractivity contribution >= 4 is 16.6 Å². The minimum absolute atomic E-state index is 0.663. The van der Waals surface area contributed by atoms with E-state index in [4.69, 9.17) is 5.73 Å². The van der Waals surface area contributed by atoms with Crippen molar-refractivity contribution < 1.29 is 0 Å². The van der Waals surface area contributed by atoms with Crippen LogP contribution < -0.4 is 5.73 Å². The Bertz CT molecular complexity index is 630. The van der Waals surface area contributed by atoms with Gasteiger partial charge in [0, 0.05) is 11.6 Å². The largest absolute Gasteiger partial charge is 0.396 e. The van der Waals surface area contributed by atoms with Crippen LogP contribution in [0.15, 0.2) is 43.1 Å². The lowest BCUT2D eigenvalue weighted by Gasteiger charge is -2.07. The Morgan fingerprint density at radius 3 is 2.94 bits per heavy atom. The maximum absolute atomic E-state index is 6.08. The van der Waals surface area contributed by atoms with Crippen LogP contribution >= 0.6 is 0 Å². The molecule has 0 fully saturated rings. The summed E-state index contributed by atoms with van der Waals surface area (Å²) in [6.07, 6.45) is 4.84. The molecule has 0 aliphatic heterocycles. The van der Waals surface area contributed by atoms with Crippen molar-refractivity contribution in [3.05, 3.63) is 43.1 Å². The summed E-state index contributed by atoms with van der Waals surface area (Å²) < 4.78 is 1.64. The van der Waals surface area contributed by atoms with Gasteiger partial charge in [-0.1, -0.05) is 0 Å². The number of benzene rings is 1. The van der Waals surface area contributed by atoms with Crippen LogP contribution in [0.3, 0.4) is 0 Å². The molecular weight excluding hydrogens is 202 g/mol. The zero-order chi connectivity index (χ0) is 11.0. The van der Waals surface area contributed by atoms with Gasteiger partial charge in [-0.05, 0) is 24.3 Å². The van der Waals surface area contributed by atoms with Gasteiger partial charge in [0.15, 0.2) is 0 Å². The molecule has 2 N–H and O–H groups in total. The Morgan fingerprint density at radius 1 is 1.19 bits per heavy atom. The van der Waals surface area contributed by atoms with E-state index in [-0.39, 0.29) is 0 Å². The topological polar surface area (TPSA) is 69.6 Å². The van der Waals surface area contributed by atoms with Crippen LogP contribution in [0.1, 0.15) is 0 Å². The second-order valence-electron chi connectivity index (χ2n) is 3.41. The molecule has 2 heterocycles. The Hall–Kier alpha value is -2.43. The molecular formula is C11H9N5. The van der Waals surface area contributed by atoms with Crippen molar-refractivity contribution in [1.29, 1.82) is 0 Å². The van der Waals surface area contributed by atoms with E-state index in [1.54, 1.807) is 17.2 Å². The van der Waals surface area contributed by atoms with E-state index in [1.807, 2.05) is 24.3 Å². The molecule has 0 spiro atoms. The van der Waals surface area contributed by atoms with Gasteiger partial charge < -0.3 is 5.73 Å². The molecule has 3 rings (SSSR count). The molecule has 2 aromatic heterocycles. The molecule has 0 saturated carbocycles. The van der Waals surface area contributed by atoms with Crippen molar-refractivity contribution in [2.24, 2.45) is 0 Å². The first kappa shape index (κ1) is 8.84. The SMILES string of the molecule is Nc1c(-n2cncn2)ccc2ncccc12. The van der Waals surface area contributed by atoms with Gasteiger partial charge >= 0.3 is 0 Å². The van der Waals surface area contributed by atoms with Crippen LogP contribution in [-0.2, 0) is 0 Å². The number of nitrogen functional groups attached to an aromatic ring is 1. The van der Waals surface area contributed by atoms with Crippen LogP contribution in [0.2, 0.25) is 0 Å². The first-order valence-corrected chi connectivity index (χ1v) is 4.84. The Morgan fingerprint density at radius 2 is 2.12 bits per heavy atom. The van der Waals surface area contributed by atoms with E-state index in [1.165, 1.54) is 6.33 Å². The number of hydrogen-bond donors (Lipinski definition) is 1. The fourth-order valence-corrected chi connectivity index (χ4v) is 1.70. The monoisotopic (exact) mass is 211 g/mol. The van der Waals surface area contributed by atoms with E-state index in [2.05, 4.69) is 15.1 Å². The molecule has 0 aliphatic rings. The van der Waals surface area contributed by atoms with Crippen molar-refractivity contribution in [1.82, 2.24) is 19.7 Å². The minimum Gasteiger partial charge on any atom is -0.396 e. The van der Waals surface area contributed by atoms with Crippen LogP contribution in [0.5, 0.6) is 0 Å². The number of hydrogen-bond acceptors (Lipinski definition) is 4. The van der Waals surface area contributed by atoms with Crippen molar-refractivity contribution in [3.8, 4) is 5.69 Å². The lowest BCUT2D eigenvalue weighted by molar-refractivity contribution is 0.882. The van der Waals surface area contributed by atoms with Crippen molar-refractivity contribution in [3.63, 3.8) is 0 Å². The summed E-state index contributed by atoms with van der Waals surface area (Å²) in [4.78, 5) is 8.14. The van der Waals surface area contributed by atoms with Gasteiger partial charge in [-0.15, -0.1) is 0 Å². The maximum atomic E-state index is 6.08. The highest BCUT2D eigenvalue weighted by Crippen LogP contribution is 2.25. The third-order valence-corrected chi connectivity index (χ3v) is 2.47. The van der Waals surface area contributed by atoms with Gasteiger partial charge in [0.25, 0.3) is 0 Å². The van der Waals surface area contributed by atoms with E-state index < -0.39 is 0 Å². The third-order valence-electron chi connectivity index (χ3n) is 2.47. The summed E-state index contributed by atoms with van der Waals surface area (Å²) in [6, 6.07) is 7.62. The molecule has 78 valence electrons. The van der Waals surface area contributed by atoms with Crippen molar-refractivity contribution in [2.45, 2.75) is 0 Å². The zero-order valence-electron chi connectivity index (χ0n) is 8.41. The average molecular weight is 211 g/mol. The van der Waals surface area contributed by atoms with Gasteiger partial charge in [-0.2, -0.15) is 5.10 Å². The molecule has 0 amide bonds. The second-order valence-corrected chi connectivity index (χ2v) is 3.41. The number of nitrogens with two attached hydrogens (primary N) is 1. The van der Waals surface area contributed by atoms with E-state index in [0.717, 1.165) is 16.6 Å². The predicted molar refractivity (Wildman–Crippen MR) is 61.1 cm³/mol. The molecule has 5 nitrogen and oxygen atoms in total. The summed E-state index contributed by atoms with van der Waals surface area (Å²) in [5.74, 6) is 0. The molecule has 3 aromatic rings. The molecule has 0 unspecified atom stereocenters. The van der Waals surface area contributed by atoms with Gasteiger partial charge in [0.1, 0.15) is 12.7 Å².